The molecule has 1 aliphatic heterocycles. The predicted octanol–water partition coefficient (Wildman–Crippen LogP) is 2.66. The van der Waals surface area contributed by atoms with Crippen molar-refractivity contribution in [3.8, 4) is 11.5 Å². The first-order valence-corrected chi connectivity index (χ1v) is 8.27. The summed E-state index contributed by atoms with van der Waals surface area (Å²) in [6, 6.07) is 7.82. The van der Waals surface area contributed by atoms with Gasteiger partial charge in [-0.25, -0.2) is 0 Å². The van der Waals surface area contributed by atoms with Crippen LogP contribution in [-0.2, 0) is 0 Å². The van der Waals surface area contributed by atoms with Gasteiger partial charge >= 0.3 is 0 Å². The molecule has 122 valence electrons. The molecule has 0 N–H and O–H groups in total. The standard InChI is InChI=1S/C18H28N2O2/c1-3-19-12-14-20(15-13-19)11-7-8-16-22-18-10-6-5-9-17(18)21-4-2/h5-10H,3-4,11-16H2,1-2H3. The van der Waals surface area contributed by atoms with Gasteiger partial charge in [0.15, 0.2) is 11.5 Å². The van der Waals surface area contributed by atoms with Crippen molar-refractivity contribution in [3.63, 3.8) is 0 Å². The van der Waals surface area contributed by atoms with Crippen LogP contribution in [0.5, 0.6) is 11.5 Å². The molecule has 1 fully saturated rings. The van der Waals surface area contributed by atoms with Crippen LogP contribution in [0.4, 0.5) is 0 Å². The summed E-state index contributed by atoms with van der Waals surface area (Å²) in [7, 11) is 0. The zero-order valence-corrected chi connectivity index (χ0v) is 13.8. The van der Waals surface area contributed by atoms with Gasteiger partial charge in [-0.15, -0.1) is 0 Å². The Morgan fingerprint density at radius 3 is 2.18 bits per heavy atom. The van der Waals surface area contributed by atoms with Crippen LogP contribution < -0.4 is 9.47 Å². The van der Waals surface area contributed by atoms with Crippen LogP contribution in [0, 0.1) is 0 Å². The van der Waals surface area contributed by atoms with Gasteiger partial charge in [-0.05, 0) is 25.6 Å². The zero-order chi connectivity index (χ0) is 15.6. The van der Waals surface area contributed by atoms with E-state index in [-0.39, 0.29) is 0 Å². The van der Waals surface area contributed by atoms with Gasteiger partial charge in [-0.1, -0.05) is 31.2 Å². The van der Waals surface area contributed by atoms with E-state index in [9.17, 15) is 0 Å². The van der Waals surface area contributed by atoms with Crippen molar-refractivity contribution in [2.45, 2.75) is 13.8 Å². The number of likely N-dealkylation sites (N-methyl/N-ethyl adjacent to an activating group) is 1. The second-order valence-electron chi connectivity index (χ2n) is 5.40. The number of ether oxygens (including phenoxy) is 2. The molecule has 0 bridgehead atoms. The van der Waals surface area contributed by atoms with Crippen molar-refractivity contribution in [1.29, 1.82) is 0 Å². The lowest BCUT2D eigenvalue weighted by molar-refractivity contribution is 0.148. The van der Waals surface area contributed by atoms with Gasteiger partial charge in [0.05, 0.1) is 6.61 Å². The molecule has 0 radical (unpaired) electrons. The quantitative estimate of drug-likeness (QED) is 0.689. The molecule has 0 amide bonds. The lowest BCUT2D eigenvalue weighted by Crippen LogP contribution is -2.46. The lowest BCUT2D eigenvalue weighted by atomic mass is 10.3. The van der Waals surface area contributed by atoms with E-state index >= 15 is 0 Å². The molecule has 4 heteroatoms. The van der Waals surface area contributed by atoms with Gasteiger partial charge in [0.1, 0.15) is 6.61 Å². The molecule has 1 saturated heterocycles. The molecule has 1 aliphatic rings. The minimum Gasteiger partial charge on any atom is -0.490 e. The Morgan fingerprint density at radius 2 is 1.55 bits per heavy atom. The smallest absolute Gasteiger partial charge is 0.161 e. The van der Waals surface area contributed by atoms with Crippen molar-refractivity contribution in [2.75, 3.05) is 52.5 Å². The summed E-state index contributed by atoms with van der Waals surface area (Å²) in [4.78, 5) is 4.98. The Hall–Kier alpha value is -1.52. The van der Waals surface area contributed by atoms with Crippen molar-refractivity contribution in [3.05, 3.63) is 36.4 Å². The van der Waals surface area contributed by atoms with Crippen molar-refractivity contribution in [1.82, 2.24) is 9.80 Å². The highest BCUT2D eigenvalue weighted by Crippen LogP contribution is 2.26. The van der Waals surface area contributed by atoms with E-state index in [1.54, 1.807) is 0 Å². The highest BCUT2D eigenvalue weighted by atomic mass is 16.5. The molecule has 0 spiro atoms. The molecule has 22 heavy (non-hydrogen) atoms. The summed E-state index contributed by atoms with van der Waals surface area (Å²) >= 11 is 0. The third-order valence-corrected chi connectivity index (χ3v) is 3.93. The summed E-state index contributed by atoms with van der Waals surface area (Å²) in [6.07, 6.45) is 4.29. The number of rotatable bonds is 8. The second kappa shape index (κ2) is 9.49. The Balaban J connectivity index is 1.68. The van der Waals surface area contributed by atoms with Gasteiger partial charge in [0.25, 0.3) is 0 Å². The van der Waals surface area contributed by atoms with E-state index < -0.39 is 0 Å². The van der Waals surface area contributed by atoms with Crippen LogP contribution in [0.1, 0.15) is 13.8 Å². The maximum absolute atomic E-state index is 5.78. The summed E-state index contributed by atoms with van der Waals surface area (Å²) < 4.78 is 11.3. The fourth-order valence-electron chi connectivity index (χ4n) is 2.56. The van der Waals surface area contributed by atoms with Gasteiger partial charge in [-0.2, -0.15) is 0 Å². The third-order valence-electron chi connectivity index (χ3n) is 3.93. The summed E-state index contributed by atoms with van der Waals surface area (Å²) in [5.74, 6) is 1.62. The van der Waals surface area contributed by atoms with Crippen molar-refractivity contribution >= 4 is 0 Å². The largest absolute Gasteiger partial charge is 0.490 e. The molecule has 2 rings (SSSR count). The first-order chi connectivity index (χ1) is 10.8. The topological polar surface area (TPSA) is 24.9 Å². The summed E-state index contributed by atoms with van der Waals surface area (Å²) in [5, 5.41) is 0. The molecule has 0 aromatic heterocycles. The number of hydrogen-bond donors (Lipinski definition) is 0. The lowest BCUT2D eigenvalue weighted by Gasteiger charge is -2.33. The van der Waals surface area contributed by atoms with Crippen LogP contribution in [-0.4, -0.2) is 62.3 Å². The van der Waals surface area contributed by atoms with Gasteiger partial charge in [0.2, 0.25) is 0 Å². The number of benzene rings is 1. The molecule has 0 atom stereocenters. The van der Waals surface area contributed by atoms with E-state index in [1.165, 1.54) is 13.1 Å². The minimum absolute atomic E-state index is 0.582. The second-order valence-corrected chi connectivity index (χ2v) is 5.40. The average Bonchev–Trinajstić information content (AvgIpc) is 2.57. The SMILES string of the molecule is CCOc1ccccc1OCC=CCN1CCN(CC)CC1. The summed E-state index contributed by atoms with van der Waals surface area (Å²) in [6.45, 7) is 12.3. The van der Waals surface area contributed by atoms with E-state index in [0.29, 0.717) is 13.2 Å². The maximum Gasteiger partial charge on any atom is 0.161 e. The van der Waals surface area contributed by atoms with E-state index in [4.69, 9.17) is 9.47 Å². The Kier molecular flexibility index (Phi) is 7.26. The third kappa shape index (κ3) is 5.35. The maximum atomic E-state index is 5.78. The molecule has 1 aromatic rings. The Labute approximate surface area is 134 Å². The van der Waals surface area contributed by atoms with Crippen LogP contribution in [0.15, 0.2) is 36.4 Å². The van der Waals surface area contributed by atoms with E-state index in [0.717, 1.165) is 37.7 Å². The van der Waals surface area contributed by atoms with Gasteiger partial charge in [0, 0.05) is 32.7 Å². The minimum atomic E-state index is 0.582. The van der Waals surface area contributed by atoms with Crippen molar-refractivity contribution < 1.29 is 9.47 Å². The monoisotopic (exact) mass is 304 g/mol. The van der Waals surface area contributed by atoms with E-state index in [1.807, 2.05) is 31.2 Å². The van der Waals surface area contributed by atoms with Gasteiger partial charge < -0.3 is 14.4 Å². The van der Waals surface area contributed by atoms with Crippen LogP contribution in [0.2, 0.25) is 0 Å². The first kappa shape index (κ1) is 16.8. The van der Waals surface area contributed by atoms with E-state index in [2.05, 4.69) is 28.9 Å². The highest BCUT2D eigenvalue weighted by molar-refractivity contribution is 5.39. The first-order valence-electron chi connectivity index (χ1n) is 8.27. The molecular formula is C18H28N2O2. The van der Waals surface area contributed by atoms with Crippen LogP contribution in [0.3, 0.4) is 0 Å². The zero-order valence-electron chi connectivity index (χ0n) is 13.8. The van der Waals surface area contributed by atoms with Crippen molar-refractivity contribution in [2.24, 2.45) is 0 Å². The number of hydrogen-bond acceptors (Lipinski definition) is 4. The normalized spacial score (nSPS) is 17.0. The fourth-order valence-corrected chi connectivity index (χ4v) is 2.56. The van der Waals surface area contributed by atoms with Crippen LogP contribution >= 0.6 is 0 Å². The predicted molar refractivity (Wildman–Crippen MR) is 90.8 cm³/mol. The molecule has 4 nitrogen and oxygen atoms in total. The number of piperazine rings is 1. The molecule has 0 unspecified atom stereocenters. The fraction of sp³-hybridized carbons (Fsp3) is 0.556. The highest BCUT2D eigenvalue weighted by Gasteiger charge is 2.13. The molecule has 0 saturated carbocycles. The molecule has 0 aliphatic carbocycles. The molecule has 1 aromatic carbocycles. The van der Waals surface area contributed by atoms with Gasteiger partial charge in [-0.3, -0.25) is 4.90 Å². The average molecular weight is 304 g/mol. The number of para-hydroxylation sites is 2. The molecular weight excluding hydrogens is 276 g/mol. The van der Waals surface area contributed by atoms with Crippen LogP contribution in [0.25, 0.3) is 0 Å². The summed E-state index contributed by atoms with van der Waals surface area (Å²) in [5.41, 5.74) is 0. The number of nitrogens with zero attached hydrogens (tertiary/aromatic N) is 2. The molecule has 1 heterocycles. The Bertz CT molecular complexity index is 454. The Morgan fingerprint density at radius 1 is 0.909 bits per heavy atom.